The maximum atomic E-state index is 12.4. The molecule has 4 rings (SSSR count). The minimum absolute atomic E-state index is 0.00825. The highest BCUT2D eigenvalue weighted by Gasteiger charge is 2.29. The fourth-order valence-corrected chi connectivity index (χ4v) is 3.95. The molecule has 0 bridgehead atoms. The Balaban J connectivity index is 1.25. The van der Waals surface area contributed by atoms with E-state index >= 15 is 0 Å². The van der Waals surface area contributed by atoms with Crippen molar-refractivity contribution in [1.29, 1.82) is 0 Å². The van der Waals surface area contributed by atoms with E-state index in [2.05, 4.69) is 22.8 Å². The summed E-state index contributed by atoms with van der Waals surface area (Å²) in [7, 11) is 0. The number of aliphatic hydroxyl groups is 1. The van der Waals surface area contributed by atoms with Crippen LogP contribution < -0.4 is 10.6 Å². The molecule has 0 fully saturated rings. The summed E-state index contributed by atoms with van der Waals surface area (Å²) in [5, 5.41) is 14.7. The minimum Gasteiger partial charge on any atom is -0.449 e. The number of alkyl carbamates (subject to hydrolysis) is 2. The fourth-order valence-electron chi connectivity index (χ4n) is 3.95. The third-order valence-electron chi connectivity index (χ3n) is 5.59. The van der Waals surface area contributed by atoms with Gasteiger partial charge in [-0.2, -0.15) is 0 Å². The summed E-state index contributed by atoms with van der Waals surface area (Å²) in [5.41, 5.74) is 5.39. The van der Waals surface area contributed by atoms with Crippen LogP contribution in [-0.4, -0.2) is 43.1 Å². The lowest BCUT2D eigenvalue weighted by Crippen LogP contribution is -2.46. The van der Waals surface area contributed by atoms with Crippen LogP contribution in [0.2, 0.25) is 0 Å². The standard InChI is InChI=1S/C26H26N2O5/c29-15-19(14-27-25(30)32-16-18-8-2-1-3-9-18)28-26(31)33-17-24-22-12-6-4-10-20(22)21-11-5-7-13-23(21)24/h1-13,19,24,29H,14-17H2,(H,27,30)(H,28,31). The van der Waals surface area contributed by atoms with Gasteiger partial charge in [-0.25, -0.2) is 9.59 Å². The number of hydrogen-bond donors (Lipinski definition) is 3. The van der Waals surface area contributed by atoms with E-state index in [4.69, 9.17) is 9.47 Å². The zero-order valence-corrected chi connectivity index (χ0v) is 18.1. The van der Waals surface area contributed by atoms with E-state index in [1.165, 1.54) is 0 Å². The van der Waals surface area contributed by atoms with Crippen molar-refractivity contribution >= 4 is 12.2 Å². The van der Waals surface area contributed by atoms with E-state index in [0.717, 1.165) is 27.8 Å². The van der Waals surface area contributed by atoms with Crippen LogP contribution in [0.1, 0.15) is 22.6 Å². The average Bonchev–Trinajstić information content (AvgIpc) is 3.18. The molecule has 1 unspecified atom stereocenters. The average molecular weight is 447 g/mol. The van der Waals surface area contributed by atoms with Gasteiger partial charge in [-0.05, 0) is 27.8 Å². The molecule has 0 aromatic heterocycles. The molecule has 170 valence electrons. The molecule has 33 heavy (non-hydrogen) atoms. The number of fused-ring (bicyclic) bond motifs is 3. The lowest BCUT2D eigenvalue weighted by Gasteiger charge is -2.19. The van der Waals surface area contributed by atoms with E-state index in [1.54, 1.807) is 0 Å². The molecule has 1 aliphatic carbocycles. The number of carbonyl (C=O) groups excluding carboxylic acids is 2. The Bertz CT molecular complexity index is 1060. The van der Waals surface area contributed by atoms with Gasteiger partial charge >= 0.3 is 12.2 Å². The van der Waals surface area contributed by atoms with Crippen molar-refractivity contribution in [2.24, 2.45) is 0 Å². The maximum absolute atomic E-state index is 12.4. The summed E-state index contributed by atoms with van der Waals surface area (Å²) >= 11 is 0. The first-order valence-corrected chi connectivity index (χ1v) is 10.8. The molecule has 0 heterocycles. The largest absolute Gasteiger partial charge is 0.449 e. The summed E-state index contributed by atoms with van der Waals surface area (Å²) in [4.78, 5) is 24.3. The minimum atomic E-state index is -0.704. The number of nitrogens with one attached hydrogen (secondary N) is 2. The number of ether oxygens (including phenoxy) is 2. The second-order valence-corrected chi connectivity index (χ2v) is 7.79. The molecular formula is C26H26N2O5. The number of hydrogen-bond acceptors (Lipinski definition) is 5. The molecule has 0 saturated carbocycles. The van der Waals surface area contributed by atoms with Crippen molar-refractivity contribution in [2.45, 2.75) is 18.6 Å². The van der Waals surface area contributed by atoms with E-state index < -0.39 is 18.2 Å². The lowest BCUT2D eigenvalue weighted by molar-refractivity contribution is 0.125. The van der Waals surface area contributed by atoms with Gasteiger partial charge in [-0.1, -0.05) is 78.9 Å². The van der Waals surface area contributed by atoms with Crippen molar-refractivity contribution in [3.8, 4) is 11.1 Å². The van der Waals surface area contributed by atoms with Gasteiger partial charge in [-0.15, -0.1) is 0 Å². The molecule has 1 atom stereocenters. The van der Waals surface area contributed by atoms with E-state index in [9.17, 15) is 14.7 Å². The molecule has 0 spiro atoms. The first-order chi connectivity index (χ1) is 16.2. The van der Waals surface area contributed by atoms with Crippen LogP contribution in [0.4, 0.5) is 9.59 Å². The Labute approximate surface area is 192 Å². The van der Waals surface area contributed by atoms with Crippen LogP contribution in [0.3, 0.4) is 0 Å². The maximum Gasteiger partial charge on any atom is 0.407 e. The molecule has 7 heteroatoms. The molecule has 3 aromatic carbocycles. The Hall–Kier alpha value is -3.84. The van der Waals surface area contributed by atoms with Gasteiger partial charge in [0.2, 0.25) is 0 Å². The Kier molecular flexibility index (Phi) is 7.22. The molecule has 1 aliphatic rings. The summed E-state index contributed by atoms with van der Waals surface area (Å²) in [5.74, 6) is -0.0539. The van der Waals surface area contributed by atoms with Crippen LogP contribution in [0.15, 0.2) is 78.9 Å². The first-order valence-electron chi connectivity index (χ1n) is 10.8. The molecular weight excluding hydrogens is 420 g/mol. The van der Waals surface area contributed by atoms with Crippen molar-refractivity contribution in [3.05, 3.63) is 95.6 Å². The zero-order valence-electron chi connectivity index (χ0n) is 18.1. The SMILES string of the molecule is O=C(NCC(CO)NC(=O)OCC1c2ccccc2-c2ccccc21)OCc1ccccc1. The summed E-state index contributed by atoms with van der Waals surface area (Å²) < 4.78 is 10.6. The van der Waals surface area contributed by atoms with Crippen molar-refractivity contribution in [3.63, 3.8) is 0 Å². The van der Waals surface area contributed by atoms with Crippen LogP contribution >= 0.6 is 0 Å². The highest BCUT2D eigenvalue weighted by Crippen LogP contribution is 2.44. The predicted octanol–water partition coefficient (Wildman–Crippen LogP) is 3.81. The van der Waals surface area contributed by atoms with Gasteiger partial charge in [0, 0.05) is 12.5 Å². The smallest absolute Gasteiger partial charge is 0.407 e. The Morgan fingerprint density at radius 2 is 1.42 bits per heavy atom. The third kappa shape index (κ3) is 5.51. The number of carbonyl (C=O) groups is 2. The van der Waals surface area contributed by atoms with Gasteiger partial charge in [0.25, 0.3) is 0 Å². The lowest BCUT2D eigenvalue weighted by atomic mass is 9.98. The Morgan fingerprint density at radius 3 is 2.06 bits per heavy atom. The molecule has 3 N–H and O–H groups in total. The van der Waals surface area contributed by atoms with Crippen molar-refractivity contribution < 1.29 is 24.2 Å². The summed E-state index contributed by atoms with van der Waals surface area (Å²) in [6, 6.07) is 24.8. The van der Waals surface area contributed by atoms with Gasteiger partial charge in [0.15, 0.2) is 0 Å². The van der Waals surface area contributed by atoms with Crippen molar-refractivity contribution in [2.75, 3.05) is 19.8 Å². The quantitative estimate of drug-likeness (QED) is 0.489. The third-order valence-corrected chi connectivity index (χ3v) is 5.59. The Morgan fingerprint density at radius 1 is 0.818 bits per heavy atom. The van der Waals surface area contributed by atoms with Crippen molar-refractivity contribution in [1.82, 2.24) is 10.6 Å². The van der Waals surface area contributed by atoms with E-state index in [1.807, 2.05) is 66.7 Å². The van der Waals surface area contributed by atoms with Gasteiger partial charge in [-0.3, -0.25) is 0 Å². The molecule has 0 saturated heterocycles. The molecule has 7 nitrogen and oxygen atoms in total. The van der Waals surface area contributed by atoms with E-state index in [-0.39, 0.29) is 32.3 Å². The summed E-state index contributed by atoms with van der Waals surface area (Å²) in [6.45, 7) is -0.0433. The first kappa shape index (κ1) is 22.4. The van der Waals surface area contributed by atoms with Gasteiger partial charge < -0.3 is 25.2 Å². The van der Waals surface area contributed by atoms with E-state index in [0.29, 0.717) is 0 Å². The second-order valence-electron chi connectivity index (χ2n) is 7.79. The number of rotatable bonds is 8. The molecule has 3 aromatic rings. The number of amides is 2. The zero-order chi connectivity index (χ0) is 23.0. The second kappa shape index (κ2) is 10.7. The highest BCUT2D eigenvalue weighted by molar-refractivity contribution is 5.79. The van der Waals surface area contributed by atoms with Crippen LogP contribution in [0.25, 0.3) is 11.1 Å². The summed E-state index contributed by atoms with van der Waals surface area (Å²) in [6.07, 6.45) is -1.29. The fraction of sp³-hybridized carbons (Fsp3) is 0.231. The molecule has 0 aliphatic heterocycles. The highest BCUT2D eigenvalue weighted by atomic mass is 16.6. The van der Waals surface area contributed by atoms with Crippen LogP contribution in [0, 0.1) is 0 Å². The number of benzene rings is 3. The molecule has 0 radical (unpaired) electrons. The number of aliphatic hydroxyl groups excluding tert-OH is 1. The van der Waals surface area contributed by atoms with Gasteiger partial charge in [0.1, 0.15) is 13.2 Å². The predicted molar refractivity (Wildman–Crippen MR) is 124 cm³/mol. The van der Waals surface area contributed by atoms with Crippen LogP contribution in [0.5, 0.6) is 0 Å². The normalized spacial score (nSPS) is 12.9. The molecule has 2 amide bonds. The van der Waals surface area contributed by atoms with Gasteiger partial charge in [0.05, 0.1) is 12.6 Å². The monoisotopic (exact) mass is 446 g/mol. The topological polar surface area (TPSA) is 96.9 Å². The van der Waals surface area contributed by atoms with Crippen LogP contribution in [-0.2, 0) is 16.1 Å².